The number of rotatable bonds is 4. The molecule has 1 aromatic rings. The first-order valence-corrected chi connectivity index (χ1v) is 4.85. The molecule has 1 heterocycles. The van der Waals surface area contributed by atoms with E-state index in [9.17, 15) is 22.8 Å². The van der Waals surface area contributed by atoms with E-state index in [0.29, 0.717) is 0 Å². The number of amides is 1. The molecule has 1 unspecified atom stereocenters. The number of carboxylic acid groups (broad SMARTS) is 1. The minimum Gasteiger partial charge on any atom is -0.476 e. The smallest absolute Gasteiger partial charge is 0.392 e. The minimum absolute atomic E-state index is 0.165. The number of H-pyrrole nitrogens is 1. The number of carbonyl (C=O) groups excluding carboxylic acids is 1. The van der Waals surface area contributed by atoms with Crippen molar-refractivity contribution in [3.63, 3.8) is 0 Å². The van der Waals surface area contributed by atoms with Crippen LogP contribution in [0.3, 0.4) is 0 Å². The van der Waals surface area contributed by atoms with Crippen molar-refractivity contribution in [1.82, 2.24) is 10.2 Å². The Kier molecular flexibility index (Phi) is 3.94. The number of hydrogen-bond acceptors (Lipinski definition) is 3. The largest absolute Gasteiger partial charge is 0.476 e. The fourth-order valence-corrected chi connectivity index (χ4v) is 1.14. The van der Waals surface area contributed by atoms with E-state index in [1.807, 2.05) is 0 Å². The van der Waals surface area contributed by atoms with Gasteiger partial charge in [-0.15, -0.1) is 0 Å². The number of hydrogen-bond donors (Lipinski definition) is 3. The maximum absolute atomic E-state index is 12.2. The highest BCUT2D eigenvalue weighted by molar-refractivity contribution is 5.98. The van der Waals surface area contributed by atoms with Gasteiger partial charge in [0.25, 0.3) is 0 Å². The third-order valence-electron chi connectivity index (χ3n) is 2.18. The van der Waals surface area contributed by atoms with Crippen LogP contribution in [0.25, 0.3) is 0 Å². The minimum atomic E-state index is -4.47. The topological polar surface area (TPSA) is 95.1 Å². The predicted molar refractivity (Wildman–Crippen MR) is 54.0 cm³/mol. The van der Waals surface area contributed by atoms with Gasteiger partial charge in [-0.25, -0.2) is 4.79 Å². The molecule has 0 spiro atoms. The van der Waals surface area contributed by atoms with Gasteiger partial charge in [-0.3, -0.25) is 9.89 Å². The van der Waals surface area contributed by atoms with Crippen LogP contribution < -0.4 is 5.32 Å². The summed E-state index contributed by atoms with van der Waals surface area (Å²) in [5, 5.41) is 16.2. The molecule has 0 radical (unpaired) electrons. The zero-order valence-electron chi connectivity index (χ0n) is 9.21. The predicted octanol–water partition coefficient (Wildman–Crippen LogP) is 1.63. The number of nitrogens with one attached hydrogen (secondary N) is 2. The molecule has 0 fully saturated rings. The van der Waals surface area contributed by atoms with Crippen molar-refractivity contribution in [2.24, 2.45) is 5.92 Å². The van der Waals surface area contributed by atoms with E-state index in [4.69, 9.17) is 5.11 Å². The maximum atomic E-state index is 12.2. The van der Waals surface area contributed by atoms with E-state index in [2.05, 4.69) is 15.5 Å². The van der Waals surface area contributed by atoms with Crippen molar-refractivity contribution in [1.29, 1.82) is 0 Å². The van der Waals surface area contributed by atoms with Crippen molar-refractivity contribution in [3.8, 4) is 0 Å². The number of carbonyl (C=O) groups is 2. The van der Waals surface area contributed by atoms with Crippen LogP contribution in [-0.4, -0.2) is 33.4 Å². The summed E-state index contributed by atoms with van der Waals surface area (Å²) < 4.78 is 36.6. The normalized spacial score (nSPS) is 13.1. The van der Waals surface area contributed by atoms with Crippen molar-refractivity contribution in [3.05, 3.63) is 11.9 Å². The molecule has 0 saturated carbocycles. The van der Waals surface area contributed by atoms with Crippen LogP contribution >= 0.6 is 0 Å². The van der Waals surface area contributed by atoms with Gasteiger partial charge in [-0.1, -0.05) is 6.92 Å². The van der Waals surface area contributed by atoms with Gasteiger partial charge < -0.3 is 10.4 Å². The molecule has 3 N–H and O–H groups in total. The highest BCUT2D eigenvalue weighted by atomic mass is 19.4. The van der Waals surface area contributed by atoms with Gasteiger partial charge in [0.1, 0.15) is 0 Å². The van der Waals surface area contributed by atoms with Gasteiger partial charge in [-0.05, 0) is 0 Å². The number of aromatic amines is 1. The van der Waals surface area contributed by atoms with Crippen LogP contribution in [0.1, 0.15) is 23.8 Å². The lowest BCUT2D eigenvalue weighted by atomic mass is 10.1. The van der Waals surface area contributed by atoms with Crippen molar-refractivity contribution in [2.75, 3.05) is 5.32 Å². The molecule has 1 amide bonds. The molecular weight excluding hydrogens is 255 g/mol. The second kappa shape index (κ2) is 5.07. The second-order valence-electron chi connectivity index (χ2n) is 3.66. The Morgan fingerprint density at radius 2 is 2.17 bits per heavy atom. The van der Waals surface area contributed by atoms with E-state index in [1.54, 1.807) is 0 Å². The molecule has 1 atom stereocenters. The SMILES string of the molecule is CC(CC(=O)Nc1cn[nH]c1C(=O)O)C(F)(F)F. The van der Waals surface area contributed by atoms with Crippen LogP contribution in [0.4, 0.5) is 18.9 Å². The number of halogens is 3. The molecule has 0 aliphatic heterocycles. The van der Waals surface area contributed by atoms with Crippen molar-refractivity contribution in [2.45, 2.75) is 19.5 Å². The summed E-state index contributed by atoms with van der Waals surface area (Å²) in [6, 6.07) is 0. The summed E-state index contributed by atoms with van der Waals surface area (Å²) >= 11 is 0. The average Bonchev–Trinajstić information content (AvgIpc) is 2.63. The van der Waals surface area contributed by atoms with Crippen LogP contribution in [0, 0.1) is 5.92 Å². The molecule has 1 aromatic heterocycles. The fourth-order valence-electron chi connectivity index (χ4n) is 1.14. The molecule has 0 aromatic carbocycles. The number of anilines is 1. The Hall–Kier alpha value is -2.06. The van der Waals surface area contributed by atoms with Crippen molar-refractivity contribution < 1.29 is 27.9 Å². The van der Waals surface area contributed by atoms with E-state index >= 15 is 0 Å². The van der Waals surface area contributed by atoms with Crippen LogP contribution in [0.2, 0.25) is 0 Å². The van der Waals surface area contributed by atoms with Gasteiger partial charge in [0.05, 0.1) is 17.8 Å². The first-order valence-electron chi connectivity index (χ1n) is 4.85. The Labute approximate surface area is 99.2 Å². The average molecular weight is 265 g/mol. The molecule has 0 saturated heterocycles. The van der Waals surface area contributed by atoms with E-state index in [0.717, 1.165) is 13.1 Å². The van der Waals surface area contributed by atoms with Gasteiger partial charge in [0.15, 0.2) is 5.69 Å². The van der Waals surface area contributed by atoms with Gasteiger partial charge in [0, 0.05) is 6.42 Å². The quantitative estimate of drug-likeness (QED) is 0.771. The summed E-state index contributed by atoms with van der Waals surface area (Å²) in [6.07, 6.45) is -4.24. The van der Waals surface area contributed by atoms with E-state index in [1.165, 1.54) is 0 Å². The lowest BCUT2D eigenvalue weighted by Gasteiger charge is -2.14. The number of alkyl halides is 3. The molecule has 1 rings (SSSR count). The summed E-state index contributed by atoms with van der Waals surface area (Å²) in [4.78, 5) is 21.9. The number of carboxylic acids is 1. The lowest BCUT2D eigenvalue weighted by molar-refractivity contribution is -0.173. The Morgan fingerprint density at radius 3 is 2.67 bits per heavy atom. The fraction of sp³-hybridized carbons (Fsp3) is 0.444. The Bertz CT molecular complexity index is 455. The van der Waals surface area contributed by atoms with E-state index < -0.39 is 30.4 Å². The lowest BCUT2D eigenvalue weighted by Crippen LogP contribution is -2.25. The van der Waals surface area contributed by atoms with Gasteiger partial charge >= 0.3 is 12.1 Å². The van der Waals surface area contributed by atoms with Crippen LogP contribution in [0.15, 0.2) is 6.20 Å². The van der Waals surface area contributed by atoms with Crippen LogP contribution in [0.5, 0.6) is 0 Å². The van der Waals surface area contributed by atoms with Crippen LogP contribution in [-0.2, 0) is 4.79 Å². The maximum Gasteiger partial charge on any atom is 0.392 e. The summed E-state index contributed by atoms with van der Waals surface area (Å²) in [6.45, 7) is 0.868. The molecule has 100 valence electrons. The monoisotopic (exact) mass is 265 g/mol. The third-order valence-corrected chi connectivity index (χ3v) is 2.18. The Balaban J connectivity index is 2.66. The molecular formula is C9H10F3N3O3. The highest BCUT2D eigenvalue weighted by Gasteiger charge is 2.37. The molecule has 0 bridgehead atoms. The summed E-state index contributed by atoms with van der Waals surface area (Å²) in [7, 11) is 0. The number of aromatic carboxylic acids is 1. The molecule has 6 nitrogen and oxygen atoms in total. The molecule has 18 heavy (non-hydrogen) atoms. The summed E-state index contributed by atoms with van der Waals surface area (Å²) in [5.74, 6) is -4.10. The van der Waals surface area contributed by atoms with Gasteiger partial charge in [-0.2, -0.15) is 18.3 Å². The first-order chi connectivity index (χ1) is 8.21. The van der Waals surface area contributed by atoms with E-state index in [-0.39, 0.29) is 11.4 Å². The third kappa shape index (κ3) is 3.47. The Morgan fingerprint density at radius 1 is 1.56 bits per heavy atom. The van der Waals surface area contributed by atoms with Crippen molar-refractivity contribution >= 4 is 17.6 Å². The molecule has 0 aliphatic rings. The highest BCUT2D eigenvalue weighted by Crippen LogP contribution is 2.28. The zero-order chi connectivity index (χ0) is 13.9. The molecule has 0 aliphatic carbocycles. The summed E-state index contributed by atoms with van der Waals surface area (Å²) in [5.41, 5.74) is -0.551. The number of nitrogens with zero attached hydrogens (tertiary/aromatic N) is 1. The number of aromatic nitrogens is 2. The zero-order valence-corrected chi connectivity index (χ0v) is 9.21. The standard InChI is InChI=1S/C9H10F3N3O3/c1-4(9(10,11)12)2-6(16)14-5-3-13-15-7(5)8(17)18/h3-4H,2H2,1H3,(H,13,15)(H,14,16)(H,17,18). The molecule has 9 heteroatoms. The van der Waals surface area contributed by atoms with Gasteiger partial charge in [0.2, 0.25) is 5.91 Å². The first kappa shape index (κ1) is 14.0. The second-order valence-corrected chi connectivity index (χ2v) is 3.66.